The Morgan fingerprint density at radius 2 is 1.97 bits per heavy atom. The maximum absolute atomic E-state index is 13.4. The third-order valence-electron chi connectivity index (χ3n) is 6.34. The fraction of sp³-hybridized carbons (Fsp3) is 0.435. The average Bonchev–Trinajstić information content (AvgIpc) is 3.16. The third-order valence-corrected chi connectivity index (χ3v) is 6.34. The number of hydrogen-bond acceptors (Lipinski definition) is 4. The standard InChI is InChI=1S/C23H27FN4O2/c1-27-15-18(22(29)26-20-6-2-5-19(24)13-20)12-21(27)16-7-10-28(11-8-16)23(30)17-4-3-9-25-14-17/h2-6,9,13-14,16,18,21H,7-8,10-12,15H2,1H3,(H,26,29)/t18-,21-/m0/s1. The van der Waals surface area contributed by atoms with E-state index in [1.165, 1.54) is 12.1 Å². The van der Waals surface area contributed by atoms with Gasteiger partial charge in [-0.3, -0.25) is 14.6 Å². The summed E-state index contributed by atoms with van der Waals surface area (Å²) < 4.78 is 13.4. The van der Waals surface area contributed by atoms with Crippen molar-refractivity contribution in [2.75, 3.05) is 32.0 Å². The monoisotopic (exact) mass is 410 g/mol. The number of likely N-dealkylation sites (tertiary alicyclic amines) is 2. The molecule has 2 aliphatic rings. The molecular formula is C23H27FN4O2. The van der Waals surface area contributed by atoms with Crippen LogP contribution in [-0.2, 0) is 4.79 Å². The third kappa shape index (κ3) is 4.51. The number of hydrogen-bond donors (Lipinski definition) is 1. The first-order chi connectivity index (χ1) is 14.5. The minimum absolute atomic E-state index is 0.0358. The van der Waals surface area contributed by atoms with Crippen molar-refractivity contribution < 1.29 is 14.0 Å². The number of nitrogens with zero attached hydrogens (tertiary/aromatic N) is 3. The average molecular weight is 410 g/mol. The van der Waals surface area contributed by atoms with E-state index in [1.807, 2.05) is 4.90 Å². The molecule has 0 radical (unpaired) electrons. The van der Waals surface area contributed by atoms with Gasteiger partial charge in [0.25, 0.3) is 5.91 Å². The van der Waals surface area contributed by atoms with Crippen LogP contribution in [0.2, 0.25) is 0 Å². The van der Waals surface area contributed by atoms with Crippen molar-refractivity contribution in [1.82, 2.24) is 14.8 Å². The second-order valence-electron chi connectivity index (χ2n) is 8.31. The van der Waals surface area contributed by atoms with Gasteiger partial charge in [-0.05, 0) is 62.6 Å². The highest BCUT2D eigenvalue weighted by Crippen LogP contribution is 2.33. The molecule has 1 aromatic heterocycles. The molecule has 0 spiro atoms. The zero-order chi connectivity index (χ0) is 21.1. The summed E-state index contributed by atoms with van der Waals surface area (Å²) >= 11 is 0. The molecule has 2 saturated heterocycles. The van der Waals surface area contributed by atoms with E-state index in [0.29, 0.717) is 29.8 Å². The van der Waals surface area contributed by atoms with Crippen LogP contribution in [-0.4, -0.2) is 59.3 Å². The van der Waals surface area contributed by atoms with Crippen LogP contribution >= 0.6 is 0 Å². The van der Waals surface area contributed by atoms with Gasteiger partial charge < -0.3 is 15.1 Å². The molecule has 7 heteroatoms. The van der Waals surface area contributed by atoms with Crippen LogP contribution in [0.3, 0.4) is 0 Å². The Kier molecular flexibility index (Phi) is 6.08. The lowest BCUT2D eigenvalue weighted by atomic mass is 9.86. The van der Waals surface area contributed by atoms with E-state index >= 15 is 0 Å². The van der Waals surface area contributed by atoms with Crippen molar-refractivity contribution in [3.05, 3.63) is 60.2 Å². The first kappa shape index (κ1) is 20.5. The second kappa shape index (κ2) is 8.92. The van der Waals surface area contributed by atoms with Gasteiger partial charge in [0.05, 0.1) is 11.5 Å². The molecule has 2 amide bonds. The van der Waals surface area contributed by atoms with Crippen molar-refractivity contribution in [1.29, 1.82) is 0 Å². The van der Waals surface area contributed by atoms with Crippen LogP contribution < -0.4 is 5.32 Å². The number of carbonyl (C=O) groups excluding carboxylic acids is 2. The molecule has 0 bridgehead atoms. The first-order valence-electron chi connectivity index (χ1n) is 10.5. The molecule has 158 valence electrons. The van der Waals surface area contributed by atoms with E-state index in [1.54, 1.807) is 36.7 Å². The van der Waals surface area contributed by atoms with E-state index in [2.05, 4.69) is 22.2 Å². The maximum atomic E-state index is 13.4. The Bertz CT molecular complexity index is 899. The van der Waals surface area contributed by atoms with E-state index < -0.39 is 0 Å². The normalized spacial score (nSPS) is 22.8. The molecule has 4 rings (SSSR count). The van der Waals surface area contributed by atoms with Crippen molar-refractivity contribution >= 4 is 17.5 Å². The van der Waals surface area contributed by atoms with Gasteiger partial charge in [-0.2, -0.15) is 0 Å². The molecule has 0 aliphatic carbocycles. The summed E-state index contributed by atoms with van der Waals surface area (Å²) in [4.78, 5) is 33.5. The van der Waals surface area contributed by atoms with Crippen molar-refractivity contribution in [3.63, 3.8) is 0 Å². The largest absolute Gasteiger partial charge is 0.339 e. The highest BCUT2D eigenvalue weighted by atomic mass is 19.1. The van der Waals surface area contributed by atoms with Gasteiger partial charge in [-0.25, -0.2) is 4.39 Å². The molecule has 1 aromatic carbocycles. The maximum Gasteiger partial charge on any atom is 0.255 e. The topological polar surface area (TPSA) is 65.5 Å². The molecular weight excluding hydrogens is 383 g/mol. The van der Waals surface area contributed by atoms with Crippen LogP contribution in [0, 0.1) is 17.7 Å². The summed E-state index contributed by atoms with van der Waals surface area (Å²) in [6.07, 6.45) is 5.93. The lowest BCUT2D eigenvalue weighted by molar-refractivity contribution is -0.119. The van der Waals surface area contributed by atoms with Crippen LogP contribution in [0.4, 0.5) is 10.1 Å². The summed E-state index contributed by atoms with van der Waals surface area (Å²) in [6.45, 7) is 2.15. The van der Waals surface area contributed by atoms with Crippen LogP contribution in [0.15, 0.2) is 48.8 Å². The van der Waals surface area contributed by atoms with Gasteiger partial charge in [-0.1, -0.05) is 6.07 Å². The molecule has 3 heterocycles. The molecule has 30 heavy (non-hydrogen) atoms. The van der Waals surface area contributed by atoms with Crippen LogP contribution in [0.1, 0.15) is 29.6 Å². The molecule has 6 nitrogen and oxygen atoms in total. The molecule has 2 aromatic rings. The summed E-state index contributed by atoms with van der Waals surface area (Å²) in [6, 6.07) is 9.89. The summed E-state index contributed by atoms with van der Waals surface area (Å²) in [7, 11) is 2.06. The van der Waals surface area contributed by atoms with Crippen molar-refractivity contribution in [2.45, 2.75) is 25.3 Å². The Morgan fingerprint density at radius 1 is 1.17 bits per heavy atom. The van der Waals surface area contributed by atoms with E-state index in [0.717, 1.165) is 32.4 Å². The highest BCUT2D eigenvalue weighted by molar-refractivity contribution is 5.94. The molecule has 1 N–H and O–H groups in total. The van der Waals surface area contributed by atoms with E-state index in [9.17, 15) is 14.0 Å². The first-order valence-corrected chi connectivity index (χ1v) is 10.5. The lowest BCUT2D eigenvalue weighted by Gasteiger charge is -2.37. The van der Waals surface area contributed by atoms with E-state index in [-0.39, 0.29) is 23.5 Å². The Balaban J connectivity index is 1.31. The van der Waals surface area contributed by atoms with Crippen molar-refractivity contribution in [2.24, 2.45) is 11.8 Å². The molecule has 2 fully saturated rings. The number of amides is 2. The Labute approximate surface area is 176 Å². The van der Waals surface area contributed by atoms with Crippen molar-refractivity contribution in [3.8, 4) is 0 Å². The number of rotatable bonds is 4. The number of carbonyl (C=O) groups is 2. The quantitative estimate of drug-likeness (QED) is 0.842. The number of piperidine rings is 1. The number of halogens is 1. The zero-order valence-corrected chi connectivity index (χ0v) is 17.1. The number of anilines is 1. The Morgan fingerprint density at radius 3 is 2.67 bits per heavy atom. The van der Waals surface area contributed by atoms with Crippen LogP contribution in [0.25, 0.3) is 0 Å². The second-order valence-corrected chi connectivity index (χ2v) is 8.31. The number of aromatic nitrogens is 1. The van der Waals surface area contributed by atoms with Gasteiger partial charge >= 0.3 is 0 Å². The fourth-order valence-electron chi connectivity index (χ4n) is 4.74. The molecule has 0 saturated carbocycles. The number of pyridine rings is 1. The van der Waals surface area contributed by atoms with Gasteiger partial charge in [0.15, 0.2) is 0 Å². The van der Waals surface area contributed by atoms with Gasteiger partial charge in [0, 0.05) is 43.8 Å². The molecule has 0 unspecified atom stereocenters. The number of benzene rings is 1. The predicted molar refractivity (Wildman–Crippen MR) is 112 cm³/mol. The zero-order valence-electron chi connectivity index (χ0n) is 17.1. The minimum atomic E-state index is -0.359. The van der Waals surface area contributed by atoms with Gasteiger partial charge in [-0.15, -0.1) is 0 Å². The summed E-state index contributed by atoms with van der Waals surface area (Å²) in [5.41, 5.74) is 1.12. The SMILES string of the molecule is CN1C[C@@H](C(=O)Nc2cccc(F)c2)C[C@H]1C1CCN(C(=O)c2cccnc2)CC1. The summed E-state index contributed by atoms with van der Waals surface area (Å²) in [5.74, 6) is -0.0344. The smallest absolute Gasteiger partial charge is 0.255 e. The van der Waals surface area contributed by atoms with Gasteiger partial charge in [0.1, 0.15) is 5.82 Å². The predicted octanol–water partition coefficient (Wildman–Crippen LogP) is 3.03. The molecule has 2 atom stereocenters. The fourth-order valence-corrected chi connectivity index (χ4v) is 4.74. The molecule has 2 aliphatic heterocycles. The van der Waals surface area contributed by atoms with Gasteiger partial charge in [0.2, 0.25) is 5.91 Å². The Hall–Kier alpha value is -2.80. The van der Waals surface area contributed by atoms with Crippen LogP contribution in [0.5, 0.6) is 0 Å². The summed E-state index contributed by atoms with van der Waals surface area (Å²) in [5, 5.41) is 2.84. The minimum Gasteiger partial charge on any atom is -0.339 e. The number of nitrogens with one attached hydrogen (secondary N) is 1. The van der Waals surface area contributed by atoms with E-state index in [4.69, 9.17) is 0 Å². The lowest BCUT2D eigenvalue weighted by Crippen LogP contribution is -2.43. The highest BCUT2D eigenvalue weighted by Gasteiger charge is 2.39.